The SMILES string of the molecule is Cc1cc(P(OC(C)C)c2cc(C)c(C)c(C)c2)cc(C)c1C. The molecule has 0 saturated carbocycles. The number of rotatable bonds is 4. The monoisotopic (exact) mass is 328 g/mol. The Bertz CT molecular complexity index is 612. The highest BCUT2D eigenvalue weighted by molar-refractivity contribution is 7.68. The molecule has 0 aliphatic carbocycles. The molecule has 0 aromatic heterocycles. The summed E-state index contributed by atoms with van der Waals surface area (Å²) >= 11 is 0. The first kappa shape index (κ1) is 18.2. The predicted molar refractivity (Wildman–Crippen MR) is 104 cm³/mol. The zero-order chi connectivity index (χ0) is 17.3. The third kappa shape index (κ3) is 4.03. The molecule has 124 valence electrons. The molecule has 0 saturated heterocycles. The van der Waals surface area contributed by atoms with Gasteiger partial charge < -0.3 is 4.52 Å². The van der Waals surface area contributed by atoms with Crippen LogP contribution in [-0.4, -0.2) is 6.10 Å². The van der Waals surface area contributed by atoms with Gasteiger partial charge in [0.25, 0.3) is 0 Å². The van der Waals surface area contributed by atoms with Crippen molar-refractivity contribution < 1.29 is 4.52 Å². The minimum absolute atomic E-state index is 0.213. The van der Waals surface area contributed by atoms with E-state index in [0.717, 1.165) is 0 Å². The molecule has 23 heavy (non-hydrogen) atoms. The van der Waals surface area contributed by atoms with Crippen LogP contribution in [0.2, 0.25) is 0 Å². The van der Waals surface area contributed by atoms with Crippen molar-refractivity contribution in [2.24, 2.45) is 0 Å². The van der Waals surface area contributed by atoms with E-state index in [4.69, 9.17) is 4.52 Å². The molecule has 2 aromatic carbocycles. The predicted octanol–water partition coefficient (Wildman–Crippen LogP) is 5.31. The van der Waals surface area contributed by atoms with Crippen molar-refractivity contribution in [1.29, 1.82) is 0 Å². The smallest absolute Gasteiger partial charge is 0.0921 e. The van der Waals surface area contributed by atoms with E-state index in [1.807, 2.05) is 0 Å². The standard InChI is InChI=1S/C21H29OP/c1-13(2)22-23(20-9-14(3)18(7)15(4)10-20)21-11-16(5)19(8)17(6)12-21/h9-13H,1-8H3. The van der Waals surface area contributed by atoms with Gasteiger partial charge in [0.05, 0.1) is 14.3 Å². The van der Waals surface area contributed by atoms with Gasteiger partial charge in [0, 0.05) is 10.6 Å². The minimum atomic E-state index is -0.780. The second-order valence-corrected chi connectivity index (χ2v) is 8.69. The zero-order valence-corrected chi connectivity index (χ0v) is 16.6. The second-order valence-electron chi connectivity index (χ2n) is 6.86. The molecular formula is C21H29OP. The van der Waals surface area contributed by atoms with Crippen LogP contribution < -0.4 is 10.6 Å². The molecule has 2 rings (SSSR count). The molecule has 0 radical (unpaired) electrons. The van der Waals surface area contributed by atoms with E-state index in [1.165, 1.54) is 44.0 Å². The van der Waals surface area contributed by atoms with Crippen molar-refractivity contribution in [3.63, 3.8) is 0 Å². The zero-order valence-electron chi connectivity index (χ0n) is 15.7. The van der Waals surface area contributed by atoms with Crippen LogP contribution in [0.15, 0.2) is 24.3 Å². The van der Waals surface area contributed by atoms with Gasteiger partial charge in [-0.05, 0) is 113 Å². The van der Waals surface area contributed by atoms with Gasteiger partial charge in [0.2, 0.25) is 0 Å². The number of benzene rings is 2. The van der Waals surface area contributed by atoms with E-state index in [9.17, 15) is 0 Å². The van der Waals surface area contributed by atoms with E-state index in [2.05, 4.69) is 79.7 Å². The average molecular weight is 328 g/mol. The lowest BCUT2D eigenvalue weighted by molar-refractivity contribution is 0.278. The lowest BCUT2D eigenvalue weighted by Crippen LogP contribution is -2.19. The fraction of sp³-hybridized carbons (Fsp3) is 0.429. The molecular weight excluding hydrogens is 299 g/mol. The summed E-state index contributed by atoms with van der Waals surface area (Å²) in [4.78, 5) is 0. The summed E-state index contributed by atoms with van der Waals surface area (Å²) in [5, 5.41) is 2.63. The molecule has 0 N–H and O–H groups in total. The Morgan fingerprint density at radius 1 is 0.652 bits per heavy atom. The molecule has 0 aliphatic rings. The fourth-order valence-electron chi connectivity index (χ4n) is 2.74. The first-order valence-electron chi connectivity index (χ1n) is 8.33. The van der Waals surface area contributed by atoms with E-state index >= 15 is 0 Å². The largest absolute Gasteiger partial charge is 0.347 e. The van der Waals surface area contributed by atoms with Crippen molar-refractivity contribution in [3.05, 3.63) is 57.6 Å². The van der Waals surface area contributed by atoms with Gasteiger partial charge in [-0.15, -0.1) is 0 Å². The second kappa shape index (κ2) is 7.16. The van der Waals surface area contributed by atoms with Crippen molar-refractivity contribution in [2.45, 2.75) is 61.5 Å². The summed E-state index contributed by atoms with van der Waals surface area (Å²) in [6.45, 7) is 17.4. The molecule has 0 amide bonds. The number of hydrogen-bond acceptors (Lipinski definition) is 1. The van der Waals surface area contributed by atoms with Gasteiger partial charge in [-0.2, -0.15) is 0 Å². The summed E-state index contributed by atoms with van der Waals surface area (Å²) < 4.78 is 6.39. The summed E-state index contributed by atoms with van der Waals surface area (Å²) in [7, 11) is -0.780. The lowest BCUT2D eigenvalue weighted by Gasteiger charge is -2.24. The highest BCUT2D eigenvalue weighted by atomic mass is 31.1. The Morgan fingerprint density at radius 2 is 0.957 bits per heavy atom. The van der Waals surface area contributed by atoms with Crippen LogP contribution in [0.1, 0.15) is 47.2 Å². The van der Waals surface area contributed by atoms with Gasteiger partial charge in [0.15, 0.2) is 0 Å². The number of aryl methyl sites for hydroxylation is 4. The van der Waals surface area contributed by atoms with Crippen LogP contribution >= 0.6 is 8.15 Å². The van der Waals surface area contributed by atoms with Crippen LogP contribution in [0.5, 0.6) is 0 Å². The third-order valence-electron chi connectivity index (χ3n) is 4.61. The van der Waals surface area contributed by atoms with Crippen LogP contribution in [0, 0.1) is 41.5 Å². The van der Waals surface area contributed by atoms with Gasteiger partial charge in [-0.3, -0.25) is 0 Å². The first-order chi connectivity index (χ1) is 10.7. The third-order valence-corrected chi connectivity index (χ3v) is 6.70. The fourth-order valence-corrected chi connectivity index (χ4v) is 4.95. The van der Waals surface area contributed by atoms with E-state index in [1.54, 1.807) is 0 Å². The van der Waals surface area contributed by atoms with E-state index in [-0.39, 0.29) is 6.10 Å². The van der Waals surface area contributed by atoms with Crippen molar-refractivity contribution >= 4 is 18.8 Å². The topological polar surface area (TPSA) is 9.23 Å². The van der Waals surface area contributed by atoms with Crippen molar-refractivity contribution in [3.8, 4) is 0 Å². The molecule has 2 heteroatoms. The highest BCUT2D eigenvalue weighted by Crippen LogP contribution is 2.38. The minimum Gasteiger partial charge on any atom is -0.347 e. The highest BCUT2D eigenvalue weighted by Gasteiger charge is 2.19. The molecule has 0 fully saturated rings. The quantitative estimate of drug-likeness (QED) is 0.691. The van der Waals surface area contributed by atoms with Gasteiger partial charge in [0.1, 0.15) is 0 Å². The number of hydrogen-bond donors (Lipinski definition) is 0. The maximum absolute atomic E-state index is 6.39. The van der Waals surface area contributed by atoms with Crippen molar-refractivity contribution in [2.75, 3.05) is 0 Å². The molecule has 2 aromatic rings. The van der Waals surface area contributed by atoms with Crippen LogP contribution in [0.4, 0.5) is 0 Å². The van der Waals surface area contributed by atoms with Gasteiger partial charge in [-0.25, -0.2) is 0 Å². The Hall–Kier alpha value is -1.17. The Labute approximate surface area is 142 Å². The molecule has 0 bridgehead atoms. The van der Waals surface area contributed by atoms with Crippen LogP contribution in [0.25, 0.3) is 0 Å². The normalized spacial score (nSPS) is 11.6. The van der Waals surface area contributed by atoms with E-state index < -0.39 is 8.15 Å². The molecule has 0 spiro atoms. The first-order valence-corrected chi connectivity index (χ1v) is 9.59. The van der Waals surface area contributed by atoms with E-state index in [0.29, 0.717) is 0 Å². The maximum atomic E-state index is 6.39. The van der Waals surface area contributed by atoms with Crippen molar-refractivity contribution in [1.82, 2.24) is 0 Å². The molecule has 0 unspecified atom stereocenters. The molecule has 0 atom stereocenters. The van der Waals surface area contributed by atoms with Crippen LogP contribution in [-0.2, 0) is 4.52 Å². The van der Waals surface area contributed by atoms with Gasteiger partial charge in [-0.1, -0.05) is 0 Å². The maximum Gasteiger partial charge on any atom is 0.0921 e. The lowest BCUT2D eigenvalue weighted by atomic mass is 10.1. The molecule has 1 nitrogen and oxygen atoms in total. The van der Waals surface area contributed by atoms with Crippen LogP contribution in [0.3, 0.4) is 0 Å². The summed E-state index contributed by atoms with van der Waals surface area (Å²) in [6, 6.07) is 9.23. The van der Waals surface area contributed by atoms with Gasteiger partial charge >= 0.3 is 0 Å². The summed E-state index contributed by atoms with van der Waals surface area (Å²) in [5.74, 6) is 0. The Kier molecular flexibility index (Phi) is 5.65. The average Bonchev–Trinajstić information content (AvgIpc) is 2.46. The Balaban J connectivity index is 2.58. The Morgan fingerprint density at radius 3 is 1.22 bits per heavy atom. The molecule has 0 heterocycles. The summed E-state index contributed by atoms with van der Waals surface area (Å²) in [5.41, 5.74) is 8.15. The molecule has 0 aliphatic heterocycles. The summed E-state index contributed by atoms with van der Waals surface area (Å²) in [6.07, 6.45) is 0.213.